The molecule has 0 saturated carbocycles. The van der Waals surface area contributed by atoms with Crippen molar-refractivity contribution in [3.05, 3.63) is 65.7 Å². The number of carbonyl (C=O) groups is 1. The number of amides is 1. The lowest BCUT2D eigenvalue weighted by atomic mass is 9.96. The fraction of sp³-hybridized carbons (Fsp3) is 0.400. The molecule has 0 N–H and O–H groups in total. The zero-order valence-corrected chi connectivity index (χ0v) is 14.6. The summed E-state index contributed by atoms with van der Waals surface area (Å²) in [6.45, 7) is 5.85. The van der Waals surface area contributed by atoms with E-state index in [0.29, 0.717) is 12.0 Å². The molecular weight excluding hydrogens is 317 g/mol. The van der Waals surface area contributed by atoms with Gasteiger partial charge in [0.2, 0.25) is 5.91 Å². The van der Waals surface area contributed by atoms with Crippen LogP contribution in [0.15, 0.2) is 48.7 Å². The van der Waals surface area contributed by atoms with Gasteiger partial charge in [-0.1, -0.05) is 31.2 Å². The Balaban J connectivity index is 1.49. The summed E-state index contributed by atoms with van der Waals surface area (Å²) in [6.07, 6.45) is 2.15. The lowest BCUT2D eigenvalue weighted by Crippen LogP contribution is -2.48. The SMILES string of the molecule is C[C@H](CC(=O)N1CCN(Cc2ccccn2)CC1)c1ccccc1F. The molecule has 0 aliphatic carbocycles. The zero-order valence-electron chi connectivity index (χ0n) is 14.6. The summed E-state index contributed by atoms with van der Waals surface area (Å²) in [7, 11) is 0. The van der Waals surface area contributed by atoms with Gasteiger partial charge in [-0.3, -0.25) is 14.7 Å². The average molecular weight is 341 g/mol. The maximum atomic E-state index is 13.9. The highest BCUT2D eigenvalue weighted by molar-refractivity contribution is 5.77. The molecule has 5 heteroatoms. The van der Waals surface area contributed by atoms with Crippen molar-refractivity contribution >= 4 is 5.91 Å². The van der Waals surface area contributed by atoms with Gasteiger partial charge in [0.05, 0.1) is 5.69 Å². The second kappa shape index (κ2) is 8.21. The van der Waals surface area contributed by atoms with E-state index in [4.69, 9.17) is 0 Å². The van der Waals surface area contributed by atoms with Crippen LogP contribution in [-0.4, -0.2) is 46.9 Å². The smallest absolute Gasteiger partial charge is 0.223 e. The van der Waals surface area contributed by atoms with Gasteiger partial charge in [-0.05, 0) is 29.7 Å². The summed E-state index contributed by atoms with van der Waals surface area (Å²) in [5.41, 5.74) is 1.67. The molecular formula is C20H24FN3O. The van der Waals surface area contributed by atoms with Crippen molar-refractivity contribution in [2.45, 2.75) is 25.8 Å². The van der Waals surface area contributed by atoms with Gasteiger partial charge in [0.1, 0.15) is 5.82 Å². The van der Waals surface area contributed by atoms with Crippen molar-refractivity contribution < 1.29 is 9.18 Å². The summed E-state index contributed by atoms with van der Waals surface area (Å²) in [4.78, 5) is 21.1. The quantitative estimate of drug-likeness (QED) is 0.839. The standard InChI is InChI=1S/C20H24FN3O/c1-16(18-7-2-3-8-19(18)21)14-20(25)24-12-10-23(11-13-24)15-17-6-4-5-9-22-17/h2-9,16H,10-15H2,1H3/t16-/m1/s1. The Hall–Kier alpha value is -2.27. The number of benzene rings is 1. The molecule has 1 saturated heterocycles. The Bertz CT molecular complexity index is 699. The molecule has 1 aromatic carbocycles. The van der Waals surface area contributed by atoms with Gasteiger partial charge in [-0.15, -0.1) is 0 Å². The van der Waals surface area contributed by atoms with Crippen molar-refractivity contribution in [1.29, 1.82) is 0 Å². The molecule has 1 aromatic heterocycles. The van der Waals surface area contributed by atoms with E-state index in [0.717, 1.165) is 38.4 Å². The van der Waals surface area contributed by atoms with Gasteiger partial charge < -0.3 is 4.90 Å². The minimum Gasteiger partial charge on any atom is -0.340 e. The zero-order chi connectivity index (χ0) is 17.6. The molecule has 0 spiro atoms. The Labute approximate surface area is 148 Å². The van der Waals surface area contributed by atoms with Crippen LogP contribution in [-0.2, 0) is 11.3 Å². The topological polar surface area (TPSA) is 36.4 Å². The molecule has 1 amide bonds. The van der Waals surface area contributed by atoms with Crippen molar-refractivity contribution in [3.8, 4) is 0 Å². The first kappa shape index (κ1) is 17.5. The Morgan fingerprint density at radius 2 is 1.84 bits per heavy atom. The van der Waals surface area contributed by atoms with Crippen LogP contribution in [0.5, 0.6) is 0 Å². The summed E-state index contributed by atoms with van der Waals surface area (Å²) < 4.78 is 13.9. The highest BCUT2D eigenvalue weighted by Crippen LogP contribution is 2.23. The third kappa shape index (κ3) is 4.63. The van der Waals surface area contributed by atoms with Crippen LogP contribution in [0.4, 0.5) is 4.39 Å². The number of pyridine rings is 1. The summed E-state index contributed by atoms with van der Waals surface area (Å²) in [5, 5.41) is 0. The van der Waals surface area contributed by atoms with E-state index < -0.39 is 0 Å². The first-order chi connectivity index (χ1) is 12.1. The molecule has 2 aromatic rings. The molecule has 1 aliphatic rings. The van der Waals surface area contributed by atoms with Gasteiger partial charge >= 0.3 is 0 Å². The molecule has 0 radical (unpaired) electrons. The second-order valence-electron chi connectivity index (χ2n) is 6.60. The van der Waals surface area contributed by atoms with Gasteiger partial charge in [0.15, 0.2) is 0 Å². The first-order valence-corrected chi connectivity index (χ1v) is 8.78. The van der Waals surface area contributed by atoms with Crippen LogP contribution in [0.2, 0.25) is 0 Å². The number of hydrogen-bond acceptors (Lipinski definition) is 3. The highest BCUT2D eigenvalue weighted by atomic mass is 19.1. The number of rotatable bonds is 5. The molecule has 0 bridgehead atoms. The molecule has 3 rings (SSSR count). The molecule has 0 unspecified atom stereocenters. The summed E-state index contributed by atoms with van der Waals surface area (Å²) >= 11 is 0. The molecule has 1 fully saturated rings. The van der Waals surface area contributed by atoms with E-state index in [2.05, 4.69) is 9.88 Å². The van der Waals surface area contributed by atoms with Crippen molar-refractivity contribution in [2.24, 2.45) is 0 Å². The van der Waals surface area contributed by atoms with Crippen LogP contribution in [0.1, 0.15) is 30.5 Å². The lowest BCUT2D eigenvalue weighted by Gasteiger charge is -2.35. The summed E-state index contributed by atoms with van der Waals surface area (Å²) in [6, 6.07) is 12.6. The maximum absolute atomic E-state index is 13.9. The minimum absolute atomic E-state index is 0.105. The third-order valence-electron chi connectivity index (χ3n) is 4.75. The molecule has 2 heterocycles. The van der Waals surface area contributed by atoms with Gasteiger partial charge in [-0.25, -0.2) is 4.39 Å². The normalized spacial score (nSPS) is 16.6. The number of aromatic nitrogens is 1. The van der Waals surface area contributed by atoms with E-state index in [1.54, 1.807) is 18.3 Å². The van der Waals surface area contributed by atoms with E-state index in [1.165, 1.54) is 6.07 Å². The number of carbonyl (C=O) groups excluding carboxylic acids is 1. The van der Waals surface area contributed by atoms with Crippen molar-refractivity contribution in [1.82, 2.24) is 14.8 Å². The van der Waals surface area contributed by atoms with Crippen LogP contribution < -0.4 is 0 Å². The molecule has 1 atom stereocenters. The predicted octanol–water partition coefficient (Wildman–Crippen LogP) is 3.06. The fourth-order valence-electron chi connectivity index (χ4n) is 3.25. The minimum atomic E-state index is -0.233. The predicted molar refractivity (Wildman–Crippen MR) is 95.5 cm³/mol. The number of nitrogens with zero attached hydrogens (tertiary/aromatic N) is 3. The Kier molecular flexibility index (Phi) is 5.76. The number of hydrogen-bond donors (Lipinski definition) is 0. The van der Waals surface area contributed by atoms with Gasteiger partial charge in [0.25, 0.3) is 0 Å². The molecule has 1 aliphatic heterocycles. The molecule has 25 heavy (non-hydrogen) atoms. The third-order valence-corrected chi connectivity index (χ3v) is 4.75. The Morgan fingerprint density at radius 3 is 2.52 bits per heavy atom. The molecule has 4 nitrogen and oxygen atoms in total. The van der Waals surface area contributed by atoms with E-state index >= 15 is 0 Å². The van der Waals surface area contributed by atoms with Crippen molar-refractivity contribution in [3.63, 3.8) is 0 Å². The number of halogens is 1. The van der Waals surface area contributed by atoms with Crippen LogP contribution >= 0.6 is 0 Å². The lowest BCUT2D eigenvalue weighted by molar-refractivity contribution is -0.133. The summed E-state index contributed by atoms with van der Waals surface area (Å²) in [5.74, 6) is -0.239. The van der Waals surface area contributed by atoms with Crippen LogP contribution in [0.25, 0.3) is 0 Å². The maximum Gasteiger partial charge on any atom is 0.223 e. The van der Waals surface area contributed by atoms with Gasteiger partial charge in [0, 0.05) is 45.3 Å². The first-order valence-electron chi connectivity index (χ1n) is 8.78. The average Bonchev–Trinajstić information content (AvgIpc) is 2.63. The fourth-order valence-corrected chi connectivity index (χ4v) is 3.25. The largest absolute Gasteiger partial charge is 0.340 e. The van der Waals surface area contributed by atoms with Crippen molar-refractivity contribution in [2.75, 3.05) is 26.2 Å². The Morgan fingerprint density at radius 1 is 1.12 bits per heavy atom. The monoisotopic (exact) mass is 341 g/mol. The van der Waals surface area contributed by atoms with E-state index in [1.807, 2.05) is 36.1 Å². The van der Waals surface area contributed by atoms with E-state index in [9.17, 15) is 9.18 Å². The number of piperazine rings is 1. The van der Waals surface area contributed by atoms with E-state index in [-0.39, 0.29) is 17.6 Å². The van der Waals surface area contributed by atoms with Gasteiger partial charge in [-0.2, -0.15) is 0 Å². The van der Waals surface area contributed by atoms with Crippen LogP contribution in [0.3, 0.4) is 0 Å². The highest BCUT2D eigenvalue weighted by Gasteiger charge is 2.23. The molecule has 132 valence electrons. The van der Waals surface area contributed by atoms with Crippen LogP contribution in [0, 0.1) is 5.82 Å². The second-order valence-corrected chi connectivity index (χ2v) is 6.60.